The van der Waals surface area contributed by atoms with Crippen molar-refractivity contribution in [3.05, 3.63) is 41.2 Å². The summed E-state index contributed by atoms with van der Waals surface area (Å²) in [5, 5.41) is 0. The van der Waals surface area contributed by atoms with Crippen molar-refractivity contribution in [2.75, 3.05) is 6.54 Å². The van der Waals surface area contributed by atoms with Crippen molar-refractivity contribution < 1.29 is 13.2 Å². The van der Waals surface area contributed by atoms with Crippen molar-refractivity contribution in [1.29, 1.82) is 0 Å². The van der Waals surface area contributed by atoms with Crippen molar-refractivity contribution in [3.63, 3.8) is 0 Å². The van der Waals surface area contributed by atoms with Crippen LogP contribution < -0.4 is 5.73 Å². The fraction of sp³-hybridized carbons (Fsp3) is 0.111. The van der Waals surface area contributed by atoms with Crippen LogP contribution in [0.15, 0.2) is 18.2 Å². The first-order chi connectivity index (χ1) is 6.15. The van der Waals surface area contributed by atoms with Gasteiger partial charge in [-0.3, -0.25) is 0 Å². The molecule has 0 unspecified atom stereocenters. The van der Waals surface area contributed by atoms with E-state index in [1.165, 1.54) is 12.2 Å². The Morgan fingerprint density at radius 3 is 2.15 bits per heavy atom. The van der Waals surface area contributed by atoms with Gasteiger partial charge in [0.2, 0.25) is 0 Å². The molecule has 0 bridgehead atoms. The lowest BCUT2D eigenvalue weighted by molar-refractivity contribution is 0.447. The summed E-state index contributed by atoms with van der Waals surface area (Å²) in [5.74, 6) is -3.85. The zero-order valence-corrected chi connectivity index (χ0v) is 6.73. The molecule has 0 heterocycles. The average Bonchev–Trinajstić information content (AvgIpc) is 2.10. The number of halogens is 3. The van der Waals surface area contributed by atoms with Gasteiger partial charge in [-0.15, -0.1) is 0 Å². The number of rotatable bonds is 2. The third kappa shape index (κ3) is 2.32. The second-order valence-corrected chi connectivity index (χ2v) is 2.44. The minimum Gasteiger partial charge on any atom is -0.327 e. The normalized spacial score (nSPS) is 11.1. The molecule has 0 aliphatic carbocycles. The minimum atomic E-state index is -1.45. The minimum absolute atomic E-state index is 0.252. The van der Waals surface area contributed by atoms with Crippen LogP contribution in [0.4, 0.5) is 13.2 Å². The summed E-state index contributed by atoms with van der Waals surface area (Å²) >= 11 is 0. The van der Waals surface area contributed by atoms with Gasteiger partial charge in [-0.1, -0.05) is 12.2 Å². The molecule has 0 saturated carbocycles. The third-order valence-corrected chi connectivity index (χ3v) is 1.45. The van der Waals surface area contributed by atoms with Crippen molar-refractivity contribution >= 4 is 6.08 Å². The molecule has 2 N–H and O–H groups in total. The Labute approximate surface area is 73.7 Å². The summed E-state index contributed by atoms with van der Waals surface area (Å²) in [4.78, 5) is 0. The van der Waals surface area contributed by atoms with E-state index in [2.05, 4.69) is 0 Å². The first-order valence-electron chi connectivity index (χ1n) is 3.66. The number of hydrogen-bond acceptors (Lipinski definition) is 1. The highest BCUT2D eigenvalue weighted by Crippen LogP contribution is 2.14. The molecule has 1 aromatic carbocycles. The predicted octanol–water partition coefficient (Wildman–Crippen LogP) is 2.08. The molecule has 0 radical (unpaired) electrons. The molecule has 4 heteroatoms. The number of nitrogens with two attached hydrogens (primary N) is 1. The second-order valence-electron chi connectivity index (χ2n) is 2.44. The highest BCUT2D eigenvalue weighted by Gasteiger charge is 2.08. The standard InChI is InChI=1S/C9H8F3N/c10-7-4-6(2-1-3-13)5-8(11)9(7)12/h1-2,4-5H,3,13H2/b2-1+. The average molecular weight is 187 g/mol. The molecular weight excluding hydrogens is 179 g/mol. The summed E-state index contributed by atoms with van der Waals surface area (Å²) < 4.78 is 37.6. The molecule has 1 aromatic rings. The van der Waals surface area contributed by atoms with E-state index in [4.69, 9.17) is 5.73 Å². The molecule has 0 saturated heterocycles. The Bertz CT molecular complexity index is 311. The SMILES string of the molecule is NC/C=C/c1cc(F)c(F)c(F)c1. The van der Waals surface area contributed by atoms with Gasteiger partial charge in [0.05, 0.1) is 0 Å². The molecule has 0 spiro atoms. The first kappa shape index (κ1) is 9.80. The van der Waals surface area contributed by atoms with Gasteiger partial charge in [-0.25, -0.2) is 13.2 Å². The molecule has 0 aliphatic rings. The molecule has 0 fully saturated rings. The van der Waals surface area contributed by atoms with E-state index >= 15 is 0 Å². The Kier molecular flexibility index (Phi) is 3.08. The summed E-state index contributed by atoms with van der Waals surface area (Å²) in [7, 11) is 0. The van der Waals surface area contributed by atoms with Gasteiger partial charge in [0.1, 0.15) is 0 Å². The first-order valence-corrected chi connectivity index (χ1v) is 3.66. The van der Waals surface area contributed by atoms with Crippen molar-refractivity contribution in [3.8, 4) is 0 Å². The van der Waals surface area contributed by atoms with E-state index in [-0.39, 0.29) is 12.1 Å². The van der Waals surface area contributed by atoms with Crippen LogP contribution in [-0.2, 0) is 0 Å². The van der Waals surface area contributed by atoms with Crippen LogP contribution in [0.5, 0.6) is 0 Å². The molecular formula is C9H8F3N. The van der Waals surface area contributed by atoms with Gasteiger partial charge < -0.3 is 5.73 Å². The van der Waals surface area contributed by atoms with Gasteiger partial charge in [-0.2, -0.15) is 0 Å². The van der Waals surface area contributed by atoms with Crippen molar-refractivity contribution in [1.82, 2.24) is 0 Å². The third-order valence-electron chi connectivity index (χ3n) is 1.45. The highest BCUT2D eigenvalue weighted by atomic mass is 19.2. The molecule has 1 rings (SSSR count). The largest absolute Gasteiger partial charge is 0.327 e. The summed E-state index contributed by atoms with van der Waals surface area (Å²) in [6, 6.07) is 1.81. The maximum atomic E-state index is 12.6. The lowest BCUT2D eigenvalue weighted by Gasteiger charge is -1.97. The molecule has 0 aromatic heterocycles. The highest BCUT2D eigenvalue weighted by molar-refractivity contribution is 5.49. The fourth-order valence-electron chi connectivity index (χ4n) is 0.875. The quantitative estimate of drug-likeness (QED) is 0.705. The maximum absolute atomic E-state index is 12.6. The van der Waals surface area contributed by atoms with Crippen LogP contribution in [0.2, 0.25) is 0 Å². The summed E-state index contributed by atoms with van der Waals surface area (Å²) in [6.07, 6.45) is 2.94. The topological polar surface area (TPSA) is 26.0 Å². The van der Waals surface area contributed by atoms with Gasteiger partial charge in [0.15, 0.2) is 17.5 Å². The number of hydrogen-bond donors (Lipinski definition) is 1. The van der Waals surface area contributed by atoms with Crippen LogP contribution in [0.1, 0.15) is 5.56 Å². The predicted molar refractivity (Wildman–Crippen MR) is 44.4 cm³/mol. The van der Waals surface area contributed by atoms with E-state index in [1.807, 2.05) is 0 Å². The Balaban J connectivity index is 3.06. The molecule has 1 nitrogen and oxygen atoms in total. The second kappa shape index (κ2) is 4.09. The lowest BCUT2D eigenvalue weighted by atomic mass is 10.2. The van der Waals surface area contributed by atoms with Crippen LogP contribution in [-0.4, -0.2) is 6.54 Å². The molecule has 70 valence electrons. The summed E-state index contributed by atoms with van der Waals surface area (Å²) in [6.45, 7) is 0.264. The van der Waals surface area contributed by atoms with Gasteiger partial charge in [0.25, 0.3) is 0 Å². The van der Waals surface area contributed by atoms with E-state index in [9.17, 15) is 13.2 Å². The van der Waals surface area contributed by atoms with Crippen LogP contribution in [0.25, 0.3) is 6.08 Å². The number of benzene rings is 1. The molecule has 13 heavy (non-hydrogen) atoms. The van der Waals surface area contributed by atoms with Crippen LogP contribution in [0, 0.1) is 17.5 Å². The maximum Gasteiger partial charge on any atom is 0.194 e. The van der Waals surface area contributed by atoms with Gasteiger partial charge >= 0.3 is 0 Å². The molecule has 0 amide bonds. The molecule has 0 aliphatic heterocycles. The Morgan fingerprint density at radius 1 is 1.15 bits per heavy atom. The van der Waals surface area contributed by atoms with Crippen LogP contribution >= 0.6 is 0 Å². The van der Waals surface area contributed by atoms with E-state index in [1.54, 1.807) is 0 Å². The van der Waals surface area contributed by atoms with Gasteiger partial charge in [-0.05, 0) is 17.7 Å². The Morgan fingerprint density at radius 2 is 1.69 bits per heavy atom. The van der Waals surface area contributed by atoms with E-state index in [0.29, 0.717) is 0 Å². The van der Waals surface area contributed by atoms with Gasteiger partial charge in [0, 0.05) is 6.54 Å². The van der Waals surface area contributed by atoms with Crippen molar-refractivity contribution in [2.24, 2.45) is 5.73 Å². The van der Waals surface area contributed by atoms with Crippen molar-refractivity contribution in [2.45, 2.75) is 0 Å². The molecule has 0 atom stereocenters. The lowest BCUT2D eigenvalue weighted by Crippen LogP contribution is -1.94. The fourth-order valence-corrected chi connectivity index (χ4v) is 0.875. The Hall–Kier alpha value is -1.29. The zero-order chi connectivity index (χ0) is 9.84. The monoisotopic (exact) mass is 187 g/mol. The smallest absolute Gasteiger partial charge is 0.194 e. The van der Waals surface area contributed by atoms with Crippen LogP contribution in [0.3, 0.4) is 0 Å². The van der Waals surface area contributed by atoms with E-state index < -0.39 is 17.5 Å². The van der Waals surface area contributed by atoms with E-state index in [0.717, 1.165) is 12.1 Å². The summed E-state index contributed by atoms with van der Waals surface area (Å²) in [5.41, 5.74) is 5.39. The zero-order valence-electron chi connectivity index (χ0n) is 6.73.